The number of nitriles is 1. The molecule has 7 nitrogen and oxygen atoms in total. The number of benzene rings is 2. The molecule has 30 heavy (non-hydrogen) atoms. The van der Waals surface area contributed by atoms with Crippen LogP contribution in [-0.4, -0.2) is 27.5 Å². The van der Waals surface area contributed by atoms with Gasteiger partial charge in [0, 0.05) is 11.6 Å². The van der Waals surface area contributed by atoms with Crippen LogP contribution < -0.4 is 15.2 Å². The first-order chi connectivity index (χ1) is 14.2. The molecule has 158 valence electrons. The fraction of sp³-hybridized carbons (Fsp3) is 0.333. The van der Waals surface area contributed by atoms with Gasteiger partial charge < -0.3 is 10.1 Å². The standard InChI is InChI=1S/C21H22ClN3O4S/c1-29-17-4-2-3-15(12-17)21(13-23)9-7-16(8-10-21)25-20(26)14-5-6-18(22)19(11-14)30(24,27)28/h2-6,11-12,16H,7-10H2,1H3,(H,25,26)(H2,24,27,28). The van der Waals surface area contributed by atoms with Crippen LogP contribution in [-0.2, 0) is 15.4 Å². The quantitative estimate of drug-likeness (QED) is 0.728. The van der Waals surface area contributed by atoms with E-state index in [-0.39, 0.29) is 21.5 Å². The molecule has 0 unspecified atom stereocenters. The van der Waals surface area contributed by atoms with Gasteiger partial charge in [0.1, 0.15) is 10.6 Å². The van der Waals surface area contributed by atoms with Gasteiger partial charge in [-0.15, -0.1) is 0 Å². The summed E-state index contributed by atoms with van der Waals surface area (Å²) in [5, 5.41) is 17.9. The number of nitrogens with zero attached hydrogens (tertiary/aromatic N) is 1. The van der Waals surface area contributed by atoms with Crippen molar-refractivity contribution < 1.29 is 17.9 Å². The van der Waals surface area contributed by atoms with Gasteiger partial charge in [-0.1, -0.05) is 23.7 Å². The molecule has 3 N–H and O–H groups in total. The van der Waals surface area contributed by atoms with E-state index in [1.54, 1.807) is 7.11 Å². The van der Waals surface area contributed by atoms with E-state index in [0.29, 0.717) is 31.4 Å². The fourth-order valence-corrected chi connectivity index (χ4v) is 4.84. The van der Waals surface area contributed by atoms with Crippen molar-refractivity contribution in [2.45, 2.75) is 42.0 Å². The molecule has 0 saturated heterocycles. The van der Waals surface area contributed by atoms with Crippen molar-refractivity contribution in [3.05, 3.63) is 58.6 Å². The highest BCUT2D eigenvalue weighted by Crippen LogP contribution is 2.40. The predicted molar refractivity (Wildman–Crippen MR) is 113 cm³/mol. The lowest BCUT2D eigenvalue weighted by atomic mass is 9.69. The first-order valence-electron chi connectivity index (χ1n) is 9.37. The van der Waals surface area contributed by atoms with E-state index in [0.717, 1.165) is 5.56 Å². The number of primary sulfonamides is 1. The molecule has 2 aromatic rings. The summed E-state index contributed by atoms with van der Waals surface area (Å²) in [5.74, 6) is 0.290. The number of hydrogen-bond donors (Lipinski definition) is 2. The largest absolute Gasteiger partial charge is 0.497 e. The third kappa shape index (κ3) is 4.59. The topological polar surface area (TPSA) is 122 Å². The van der Waals surface area contributed by atoms with Crippen molar-refractivity contribution in [1.82, 2.24) is 5.32 Å². The molecule has 0 aromatic heterocycles. The molecule has 0 radical (unpaired) electrons. The Labute approximate surface area is 180 Å². The summed E-state index contributed by atoms with van der Waals surface area (Å²) in [6.45, 7) is 0. The summed E-state index contributed by atoms with van der Waals surface area (Å²) in [5.41, 5.74) is 0.439. The second-order valence-corrected chi connectivity index (χ2v) is 9.30. The number of methoxy groups -OCH3 is 1. The van der Waals surface area contributed by atoms with E-state index >= 15 is 0 Å². The minimum absolute atomic E-state index is 0.0381. The number of nitrogens with one attached hydrogen (secondary N) is 1. The minimum Gasteiger partial charge on any atom is -0.497 e. The van der Waals surface area contributed by atoms with Crippen LogP contribution in [0.25, 0.3) is 0 Å². The Bertz CT molecular complexity index is 1100. The van der Waals surface area contributed by atoms with Gasteiger partial charge in [0.05, 0.1) is 23.6 Å². The number of rotatable bonds is 5. The number of carbonyl (C=O) groups excluding carboxylic acids is 1. The average molecular weight is 448 g/mol. The van der Waals surface area contributed by atoms with Crippen LogP contribution in [0.15, 0.2) is 47.4 Å². The number of hydrogen-bond acceptors (Lipinski definition) is 5. The molecule has 2 aromatic carbocycles. The summed E-state index contributed by atoms with van der Waals surface area (Å²) < 4.78 is 28.5. The molecular weight excluding hydrogens is 426 g/mol. The summed E-state index contributed by atoms with van der Waals surface area (Å²) in [6, 6.07) is 13.8. The van der Waals surface area contributed by atoms with E-state index in [1.807, 2.05) is 24.3 Å². The van der Waals surface area contributed by atoms with E-state index in [9.17, 15) is 18.5 Å². The molecule has 9 heteroatoms. The maximum atomic E-state index is 12.6. The van der Waals surface area contributed by atoms with Crippen molar-refractivity contribution >= 4 is 27.5 Å². The molecule has 0 aliphatic heterocycles. The fourth-order valence-electron chi connectivity index (χ4n) is 3.77. The molecule has 1 amide bonds. The van der Waals surface area contributed by atoms with Gasteiger partial charge >= 0.3 is 0 Å². The number of nitrogens with two attached hydrogens (primary N) is 1. The third-order valence-electron chi connectivity index (χ3n) is 5.51. The zero-order valence-corrected chi connectivity index (χ0v) is 18.0. The van der Waals surface area contributed by atoms with Crippen LogP contribution in [0, 0.1) is 11.3 Å². The first kappa shape index (κ1) is 22.1. The van der Waals surface area contributed by atoms with Crippen molar-refractivity contribution in [2.75, 3.05) is 7.11 Å². The van der Waals surface area contributed by atoms with Gasteiger partial charge in [0.2, 0.25) is 10.0 Å². The average Bonchev–Trinajstić information content (AvgIpc) is 2.74. The highest BCUT2D eigenvalue weighted by atomic mass is 35.5. The van der Waals surface area contributed by atoms with Crippen molar-refractivity contribution in [2.24, 2.45) is 5.14 Å². The van der Waals surface area contributed by atoms with Crippen molar-refractivity contribution in [3.8, 4) is 11.8 Å². The molecule has 0 spiro atoms. The molecule has 0 atom stereocenters. The molecule has 3 rings (SSSR count). The Morgan fingerprint density at radius 3 is 2.57 bits per heavy atom. The smallest absolute Gasteiger partial charge is 0.251 e. The zero-order valence-electron chi connectivity index (χ0n) is 16.4. The monoisotopic (exact) mass is 447 g/mol. The lowest BCUT2D eigenvalue weighted by Gasteiger charge is -2.35. The van der Waals surface area contributed by atoms with Crippen LogP contribution in [0.5, 0.6) is 5.75 Å². The molecule has 0 heterocycles. The SMILES string of the molecule is COc1cccc(C2(C#N)CCC(NC(=O)c3ccc(Cl)c(S(N)(=O)=O)c3)CC2)c1. The molecule has 1 saturated carbocycles. The summed E-state index contributed by atoms with van der Waals surface area (Å²) >= 11 is 5.87. The first-order valence-corrected chi connectivity index (χ1v) is 11.3. The highest BCUT2D eigenvalue weighted by Gasteiger charge is 2.38. The van der Waals surface area contributed by atoms with E-state index in [4.69, 9.17) is 21.5 Å². The third-order valence-corrected chi connectivity index (χ3v) is 6.90. The number of halogens is 1. The number of amides is 1. The minimum atomic E-state index is -4.04. The Hall–Kier alpha value is -2.60. The lowest BCUT2D eigenvalue weighted by molar-refractivity contribution is 0.0922. The second kappa shape index (κ2) is 8.64. The molecule has 0 bridgehead atoms. The number of ether oxygens (including phenoxy) is 1. The highest BCUT2D eigenvalue weighted by molar-refractivity contribution is 7.89. The zero-order chi connectivity index (χ0) is 21.9. The van der Waals surface area contributed by atoms with Crippen LogP contribution in [0.3, 0.4) is 0 Å². The number of carbonyl (C=O) groups is 1. The van der Waals surface area contributed by atoms with Gasteiger partial charge in [0.25, 0.3) is 5.91 Å². The normalized spacial score (nSPS) is 21.5. The van der Waals surface area contributed by atoms with E-state index < -0.39 is 21.3 Å². The van der Waals surface area contributed by atoms with Gasteiger partial charge in [-0.05, 0) is 61.6 Å². The van der Waals surface area contributed by atoms with Gasteiger partial charge in [-0.2, -0.15) is 5.26 Å². The molecule has 1 aliphatic rings. The maximum absolute atomic E-state index is 12.6. The summed E-state index contributed by atoms with van der Waals surface area (Å²) in [6.07, 6.45) is 2.41. The van der Waals surface area contributed by atoms with E-state index in [2.05, 4.69) is 11.4 Å². The maximum Gasteiger partial charge on any atom is 0.251 e. The van der Waals surface area contributed by atoms with Gasteiger partial charge in [-0.3, -0.25) is 4.79 Å². The van der Waals surface area contributed by atoms with E-state index in [1.165, 1.54) is 18.2 Å². The Morgan fingerprint density at radius 1 is 1.27 bits per heavy atom. The number of sulfonamides is 1. The van der Waals surface area contributed by atoms with Crippen molar-refractivity contribution in [1.29, 1.82) is 5.26 Å². The lowest BCUT2D eigenvalue weighted by Crippen LogP contribution is -2.41. The molecule has 1 aliphatic carbocycles. The van der Waals surface area contributed by atoms with Crippen LogP contribution in [0.4, 0.5) is 0 Å². The molecular formula is C21H22ClN3O4S. The predicted octanol–water partition coefficient (Wildman–Crippen LogP) is 3.13. The summed E-state index contributed by atoms with van der Waals surface area (Å²) in [7, 11) is -2.45. The van der Waals surface area contributed by atoms with Crippen LogP contribution >= 0.6 is 11.6 Å². The second-order valence-electron chi connectivity index (χ2n) is 7.36. The van der Waals surface area contributed by atoms with Gasteiger partial charge in [0.15, 0.2) is 0 Å². The Kier molecular flexibility index (Phi) is 6.36. The van der Waals surface area contributed by atoms with Crippen molar-refractivity contribution in [3.63, 3.8) is 0 Å². The van der Waals surface area contributed by atoms with Gasteiger partial charge in [-0.25, -0.2) is 13.6 Å². The molecule has 1 fully saturated rings. The van der Waals surface area contributed by atoms with Crippen LogP contribution in [0.2, 0.25) is 5.02 Å². The van der Waals surface area contributed by atoms with Crippen LogP contribution in [0.1, 0.15) is 41.6 Å². The summed E-state index contributed by atoms with van der Waals surface area (Å²) in [4.78, 5) is 12.3. The Balaban J connectivity index is 1.71. The Morgan fingerprint density at radius 2 is 1.97 bits per heavy atom.